The van der Waals surface area contributed by atoms with Crippen molar-refractivity contribution in [2.75, 3.05) is 7.11 Å². The number of hydrogen-bond donors (Lipinski definition) is 1. The molecule has 0 fully saturated rings. The molecule has 0 amide bonds. The van der Waals surface area contributed by atoms with Gasteiger partial charge in [0.05, 0.1) is 13.2 Å². The Morgan fingerprint density at radius 3 is 2.33 bits per heavy atom. The van der Waals surface area contributed by atoms with Gasteiger partial charge in [-0.05, 0) is 31.0 Å². The minimum Gasteiger partial charge on any atom is -0.496 e. The average Bonchev–Trinajstić information content (AvgIpc) is 2.15. The van der Waals surface area contributed by atoms with E-state index in [4.69, 9.17) is 10.5 Å². The summed E-state index contributed by atoms with van der Waals surface area (Å²) >= 11 is 0. The summed E-state index contributed by atoms with van der Waals surface area (Å²) in [7, 11) is 1.45. The molecule has 0 aromatic heterocycles. The zero-order chi connectivity index (χ0) is 11.6. The Morgan fingerprint density at radius 2 is 1.87 bits per heavy atom. The van der Waals surface area contributed by atoms with Gasteiger partial charge in [-0.1, -0.05) is 6.07 Å². The summed E-state index contributed by atoms with van der Waals surface area (Å²) in [6.45, 7) is 3.64. The normalized spacial score (nSPS) is 13.0. The van der Waals surface area contributed by atoms with Crippen molar-refractivity contribution in [3.8, 4) is 5.75 Å². The molecule has 1 rings (SSSR count). The topological polar surface area (TPSA) is 35.2 Å². The first-order valence-corrected chi connectivity index (χ1v) is 4.66. The van der Waals surface area contributed by atoms with Crippen LogP contribution >= 0.6 is 0 Å². The minimum atomic E-state index is -2.58. The fourth-order valence-electron chi connectivity index (χ4n) is 1.66. The van der Waals surface area contributed by atoms with Crippen LogP contribution in [0.2, 0.25) is 0 Å². The van der Waals surface area contributed by atoms with Crippen LogP contribution in [0.1, 0.15) is 22.7 Å². The van der Waals surface area contributed by atoms with E-state index in [1.807, 2.05) is 13.0 Å². The summed E-state index contributed by atoms with van der Waals surface area (Å²) in [5.41, 5.74) is 7.53. The Morgan fingerprint density at radius 1 is 1.27 bits per heavy atom. The minimum absolute atomic E-state index is 0.387. The SMILES string of the molecule is COc1cc(C)cc(C)c1C(N)C(F)F. The molecule has 2 nitrogen and oxygen atoms in total. The lowest BCUT2D eigenvalue weighted by Crippen LogP contribution is -2.21. The van der Waals surface area contributed by atoms with E-state index in [9.17, 15) is 8.78 Å². The van der Waals surface area contributed by atoms with Crippen molar-refractivity contribution in [2.45, 2.75) is 26.3 Å². The Kier molecular flexibility index (Phi) is 3.63. The van der Waals surface area contributed by atoms with Crippen LogP contribution < -0.4 is 10.5 Å². The molecule has 84 valence electrons. The van der Waals surface area contributed by atoms with Crippen molar-refractivity contribution in [3.63, 3.8) is 0 Å². The number of alkyl halides is 2. The third-order valence-electron chi connectivity index (χ3n) is 2.32. The quantitative estimate of drug-likeness (QED) is 0.841. The Hall–Kier alpha value is -1.16. The summed E-state index contributed by atoms with van der Waals surface area (Å²) < 4.78 is 30.1. The molecule has 15 heavy (non-hydrogen) atoms. The van der Waals surface area contributed by atoms with Gasteiger partial charge in [-0.15, -0.1) is 0 Å². The molecule has 4 heteroatoms. The highest BCUT2D eigenvalue weighted by Crippen LogP contribution is 2.31. The van der Waals surface area contributed by atoms with Crippen LogP contribution in [0.3, 0.4) is 0 Å². The maximum Gasteiger partial charge on any atom is 0.257 e. The number of aryl methyl sites for hydroxylation is 2. The van der Waals surface area contributed by atoms with E-state index in [0.29, 0.717) is 11.3 Å². The number of nitrogens with two attached hydrogens (primary N) is 1. The van der Waals surface area contributed by atoms with Crippen LogP contribution in [-0.2, 0) is 0 Å². The molecule has 0 spiro atoms. The first-order valence-electron chi connectivity index (χ1n) is 4.66. The highest BCUT2D eigenvalue weighted by atomic mass is 19.3. The van der Waals surface area contributed by atoms with Gasteiger partial charge in [0.15, 0.2) is 0 Å². The van der Waals surface area contributed by atoms with Gasteiger partial charge < -0.3 is 10.5 Å². The van der Waals surface area contributed by atoms with E-state index in [1.165, 1.54) is 7.11 Å². The molecule has 0 saturated heterocycles. The Bertz CT molecular complexity index is 353. The van der Waals surface area contributed by atoms with Crippen LogP contribution in [0.25, 0.3) is 0 Å². The molecule has 0 heterocycles. The van der Waals surface area contributed by atoms with E-state index in [1.54, 1.807) is 13.0 Å². The predicted octanol–water partition coefficient (Wildman–Crippen LogP) is 2.58. The Balaban J connectivity index is 3.26. The molecule has 0 aliphatic heterocycles. The number of hydrogen-bond acceptors (Lipinski definition) is 2. The standard InChI is InChI=1S/C11H15F2NO/c1-6-4-7(2)9(8(5-6)15-3)10(14)11(12)13/h4-5,10-11H,14H2,1-3H3. The van der Waals surface area contributed by atoms with E-state index in [-0.39, 0.29) is 0 Å². The van der Waals surface area contributed by atoms with Crippen molar-refractivity contribution in [3.05, 3.63) is 28.8 Å². The molecule has 1 unspecified atom stereocenters. The Labute approximate surface area is 88.0 Å². The van der Waals surface area contributed by atoms with Crippen LogP contribution in [0.15, 0.2) is 12.1 Å². The second-order valence-corrected chi connectivity index (χ2v) is 3.56. The lowest BCUT2D eigenvalue weighted by Gasteiger charge is -2.18. The van der Waals surface area contributed by atoms with Crippen molar-refractivity contribution < 1.29 is 13.5 Å². The second-order valence-electron chi connectivity index (χ2n) is 3.56. The second kappa shape index (κ2) is 4.57. The highest BCUT2D eigenvalue weighted by molar-refractivity contribution is 5.45. The summed E-state index contributed by atoms with van der Waals surface area (Å²) in [5, 5.41) is 0. The van der Waals surface area contributed by atoms with Gasteiger partial charge in [-0.3, -0.25) is 0 Å². The van der Waals surface area contributed by atoms with Gasteiger partial charge in [0.1, 0.15) is 5.75 Å². The first kappa shape index (κ1) is 11.9. The van der Waals surface area contributed by atoms with Crippen molar-refractivity contribution >= 4 is 0 Å². The molecule has 1 aromatic carbocycles. The summed E-state index contributed by atoms with van der Waals surface area (Å²) in [6, 6.07) is 2.24. The summed E-state index contributed by atoms with van der Waals surface area (Å²) in [5.74, 6) is 0.431. The summed E-state index contributed by atoms with van der Waals surface area (Å²) in [6.07, 6.45) is -2.58. The number of ether oxygens (including phenoxy) is 1. The number of benzene rings is 1. The zero-order valence-corrected chi connectivity index (χ0v) is 9.05. The van der Waals surface area contributed by atoms with Gasteiger partial charge in [0.25, 0.3) is 6.43 Å². The number of halogens is 2. The molecule has 2 N–H and O–H groups in total. The average molecular weight is 215 g/mol. The summed E-state index contributed by atoms with van der Waals surface area (Å²) in [4.78, 5) is 0. The molecule has 0 aliphatic carbocycles. The fraction of sp³-hybridized carbons (Fsp3) is 0.455. The molecule has 0 saturated carbocycles. The van der Waals surface area contributed by atoms with Crippen molar-refractivity contribution in [2.24, 2.45) is 5.73 Å². The lowest BCUT2D eigenvalue weighted by atomic mass is 9.98. The van der Waals surface area contributed by atoms with Gasteiger partial charge in [-0.25, -0.2) is 8.78 Å². The molecule has 1 atom stereocenters. The number of methoxy groups -OCH3 is 1. The van der Waals surface area contributed by atoms with E-state index in [2.05, 4.69) is 0 Å². The molecule has 0 aliphatic rings. The predicted molar refractivity (Wildman–Crippen MR) is 55.4 cm³/mol. The smallest absolute Gasteiger partial charge is 0.257 e. The fourth-order valence-corrected chi connectivity index (χ4v) is 1.66. The van der Waals surface area contributed by atoms with Crippen molar-refractivity contribution in [1.29, 1.82) is 0 Å². The monoisotopic (exact) mass is 215 g/mol. The van der Waals surface area contributed by atoms with Crippen LogP contribution in [-0.4, -0.2) is 13.5 Å². The van der Waals surface area contributed by atoms with Crippen LogP contribution in [0.4, 0.5) is 8.78 Å². The lowest BCUT2D eigenvalue weighted by molar-refractivity contribution is 0.115. The maximum atomic E-state index is 12.5. The van der Waals surface area contributed by atoms with Crippen LogP contribution in [0, 0.1) is 13.8 Å². The van der Waals surface area contributed by atoms with E-state index < -0.39 is 12.5 Å². The van der Waals surface area contributed by atoms with E-state index in [0.717, 1.165) is 11.1 Å². The third-order valence-corrected chi connectivity index (χ3v) is 2.32. The molecule has 0 radical (unpaired) electrons. The van der Waals surface area contributed by atoms with Gasteiger partial charge >= 0.3 is 0 Å². The molecule has 1 aromatic rings. The largest absolute Gasteiger partial charge is 0.496 e. The van der Waals surface area contributed by atoms with Crippen LogP contribution in [0.5, 0.6) is 5.75 Å². The third kappa shape index (κ3) is 2.45. The van der Waals surface area contributed by atoms with Gasteiger partial charge in [0.2, 0.25) is 0 Å². The zero-order valence-electron chi connectivity index (χ0n) is 9.05. The molecule has 0 bridgehead atoms. The maximum absolute atomic E-state index is 12.5. The van der Waals surface area contributed by atoms with Crippen molar-refractivity contribution in [1.82, 2.24) is 0 Å². The molecular formula is C11H15F2NO. The molecular weight excluding hydrogens is 200 g/mol. The van der Waals surface area contributed by atoms with Gasteiger partial charge in [0, 0.05) is 5.56 Å². The van der Waals surface area contributed by atoms with E-state index >= 15 is 0 Å². The number of rotatable bonds is 3. The first-order chi connectivity index (χ1) is 6.97. The van der Waals surface area contributed by atoms with Gasteiger partial charge in [-0.2, -0.15) is 0 Å². The highest BCUT2D eigenvalue weighted by Gasteiger charge is 2.23.